The summed E-state index contributed by atoms with van der Waals surface area (Å²) in [5.41, 5.74) is 8.29. The van der Waals surface area contributed by atoms with Gasteiger partial charge in [-0.15, -0.1) is 12.8 Å². The lowest BCUT2D eigenvalue weighted by molar-refractivity contribution is 0.0962. The molecule has 3 N–H and O–H groups in total. The molecule has 2 aromatic rings. The molecule has 3 rings (SSSR count). The number of benzene rings is 1. The Hall–Kier alpha value is -4.05. The molecular weight excluding hydrogens is 443 g/mol. The van der Waals surface area contributed by atoms with E-state index in [1.165, 1.54) is 12.5 Å². The van der Waals surface area contributed by atoms with Crippen LogP contribution in [0.2, 0.25) is 0 Å². The van der Waals surface area contributed by atoms with Gasteiger partial charge in [0, 0.05) is 18.7 Å². The highest BCUT2D eigenvalue weighted by Crippen LogP contribution is 2.27. The number of terminal acetylenes is 1. The van der Waals surface area contributed by atoms with Crippen LogP contribution in [0.15, 0.2) is 66.5 Å². The van der Waals surface area contributed by atoms with E-state index < -0.39 is 11.7 Å². The summed E-state index contributed by atoms with van der Waals surface area (Å²) in [7, 11) is 0. The average molecular weight is 477 g/mol. The van der Waals surface area contributed by atoms with Crippen LogP contribution in [0.25, 0.3) is 11.3 Å². The highest BCUT2D eigenvalue weighted by molar-refractivity contribution is 5.99. The van der Waals surface area contributed by atoms with Crippen LogP contribution in [0.1, 0.15) is 43.6 Å². The highest BCUT2D eigenvalue weighted by atomic mass is 19.1. The molecule has 184 valence electrons. The third-order valence-electron chi connectivity index (χ3n) is 5.42. The molecule has 2 heterocycles. The van der Waals surface area contributed by atoms with Crippen molar-refractivity contribution < 1.29 is 13.9 Å². The highest BCUT2D eigenvalue weighted by Gasteiger charge is 2.19. The number of allylic oxidation sites excluding steroid dienone is 3. The van der Waals surface area contributed by atoms with Crippen LogP contribution in [0.5, 0.6) is 5.75 Å². The first-order valence-electron chi connectivity index (χ1n) is 11.6. The van der Waals surface area contributed by atoms with Crippen molar-refractivity contribution in [3.8, 4) is 29.9 Å². The number of amides is 1. The lowest BCUT2D eigenvalue weighted by Gasteiger charge is -2.31. The van der Waals surface area contributed by atoms with E-state index in [4.69, 9.17) is 10.5 Å². The fourth-order valence-corrected chi connectivity index (χ4v) is 3.82. The zero-order chi connectivity index (χ0) is 25.8. The van der Waals surface area contributed by atoms with Crippen LogP contribution in [-0.2, 0) is 0 Å². The van der Waals surface area contributed by atoms with Gasteiger partial charge in [0.2, 0.25) is 0 Å². The van der Waals surface area contributed by atoms with Gasteiger partial charge in [-0.25, -0.2) is 9.37 Å². The molecule has 1 amide bonds. The number of hydrogen-bond acceptors (Lipinski definition) is 5. The predicted octanol–water partition coefficient (Wildman–Crippen LogP) is 5.31. The molecule has 1 aromatic carbocycles. The number of carbonyl (C=O) groups excluding carboxylic acids is 1. The van der Waals surface area contributed by atoms with Gasteiger partial charge in [0.15, 0.2) is 5.69 Å². The summed E-state index contributed by atoms with van der Waals surface area (Å²) in [5.74, 6) is -0.424. The Bertz CT molecular complexity index is 1120. The van der Waals surface area contributed by atoms with E-state index in [0.29, 0.717) is 23.7 Å². The topological polar surface area (TPSA) is 80.5 Å². The SMILES string of the molecule is C#C.C=C/C(NC(=O)c1nc(-c2cc(OCC)ccc2F)ccc1N)=C(\C=C/C)N1CCCCC1. The number of anilines is 1. The number of ether oxygens (including phenoxy) is 1. The van der Waals surface area contributed by atoms with Crippen LogP contribution >= 0.6 is 0 Å². The number of hydrogen-bond donors (Lipinski definition) is 2. The van der Waals surface area contributed by atoms with E-state index >= 15 is 0 Å². The van der Waals surface area contributed by atoms with Gasteiger partial charge >= 0.3 is 0 Å². The molecule has 0 saturated carbocycles. The van der Waals surface area contributed by atoms with Crippen LogP contribution < -0.4 is 15.8 Å². The Balaban J connectivity index is 0.00000210. The molecule has 1 aliphatic rings. The van der Waals surface area contributed by atoms with E-state index in [9.17, 15) is 9.18 Å². The molecule has 0 aliphatic carbocycles. The number of rotatable bonds is 8. The fraction of sp³-hybridized carbons (Fsp3) is 0.286. The quantitative estimate of drug-likeness (QED) is 0.399. The van der Waals surface area contributed by atoms with Crippen molar-refractivity contribution in [1.82, 2.24) is 15.2 Å². The molecule has 0 spiro atoms. The van der Waals surface area contributed by atoms with Crippen LogP contribution in [0, 0.1) is 18.7 Å². The van der Waals surface area contributed by atoms with Gasteiger partial charge in [0.1, 0.15) is 11.6 Å². The summed E-state index contributed by atoms with van der Waals surface area (Å²) >= 11 is 0. The Morgan fingerprint density at radius 1 is 1.26 bits per heavy atom. The minimum absolute atomic E-state index is 0.0199. The summed E-state index contributed by atoms with van der Waals surface area (Å²) in [6, 6.07) is 7.58. The second-order valence-corrected chi connectivity index (χ2v) is 7.71. The van der Waals surface area contributed by atoms with Crippen LogP contribution in [-0.4, -0.2) is 35.5 Å². The molecule has 0 bridgehead atoms. The number of pyridine rings is 1. The van der Waals surface area contributed by atoms with Crippen LogP contribution in [0.4, 0.5) is 10.1 Å². The molecule has 0 unspecified atom stereocenters. The van der Waals surface area contributed by atoms with Crippen molar-refractivity contribution in [3.05, 3.63) is 78.0 Å². The summed E-state index contributed by atoms with van der Waals surface area (Å²) in [4.78, 5) is 19.8. The average Bonchev–Trinajstić information content (AvgIpc) is 2.89. The molecule has 1 aliphatic heterocycles. The van der Waals surface area contributed by atoms with Gasteiger partial charge in [-0.1, -0.05) is 12.7 Å². The normalized spacial score (nSPS) is 13.9. The van der Waals surface area contributed by atoms with Crippen molar-refractivity contribution in [2.75, 3.05) is 25.4 Å². The van der Waals surface area contributed by atoms with E-state index in [2.05, 4.69) is 34.6 Å². The van der Waals surface area contributed by atoms with Gasteiger partial charge in [0.25, 0.3) is 5.91 Å². The molecule has 1 fully saturated rings. The maximum absolute atomic E-state index is 14.5. The molecule has 6 nitrogen and oxygen atoms in total. The number of nitrogens with two attached hydrogens (primary N) is 1. The number of nitrogens with one attached hydrogen (secondary N) is 1. The molecule has 0 radical (unpaired) electrons. The Morgan fingerprint density at radius 3 is 2.60 bits per heavy atom. The zero-order valence-corrected chi connectivity index (χ0v) is 20.4. The second kappa shape index (κ2) is 13.6. The molecule has 7 heteroatoms. The lowest BCUT2D eigenvalue weighted by Crippen LogP contribution is -2.33. The third kappa shape index (κ3) is 6.97. The molecule has 0 atom stereocenters. The number of nitrogen functional groups attached to an aromatic ring is 1. The minimum Gasteiger partial charge on any atom is -0.494 e. The first-order valence-corrected chi connectivity index (χ1v) is 11.6. The standard InChI is InChI=1S/C26H31FN4O2.C2H2/c1-4-10-24(31-15-8-7-9-16-31)22(5-2)30-26(32)25-21(28)13-14-23(29-25)19-17-18(33-6-3)11-12-20(19)27;1-2/h4-5,10-14,17H,2,6-9,15-16,28H2,1,3H3,(H,30,32);1-2H/b10-4-,24-22-;. The number of aromatic nitrogens is 1. The van der Waals surface area contributed by atoms with Crippen molar-refractivity contribution in [2.24, 2.45) is 0 Å². The maximum Gasteiger partial charge on any atom is 0.276 e. The fourth-order valence-electron chi connectivity index (χ4n) is 3.82. The Kier molecular flexibility index (Phi) is 10.6. The molecular formula is C28H33FN4O2. The maximum atomic E-state index is 14.5. The molecule has 35 heavy (non-hydrogen) atoms. The summed E-state index contributed by atoms with van der Waals surface area (Å²) in [6.07, 6.45) is 16.9. The Labute approximate surface area is 207 Å². The first-order chi connectivity index (χ1) is 17.0. The minimum atomic E-state index is -0.482. The number of halogens is 1. The lowest BCUT2D eigenvalue weighted by atomic mass is 10.1. The van der Waals surface area contributed by atoms with Gasteiger partial charge < -0.3 is 20.7 Å². The van der Waals surface area contributed by atoms with E-state index in [0.717, 1.165) is 31.6 Å². The van der Waals surface area contributed by atoms with Gasteiger partial charge in [-0.05, 0) is 75.6 Å². The first kappa shape index (κ1) is 27.2. The van der Waals surface area contributed by atoms with Crippen molar-refractivity contribution in [3.63, 3.8) is 0 Å². The summed E-state index contributed by atoms with van der Waals surface area (Å²) < 4.78 is 20.0. The Morgan fingerprint density at radius 2 is 1.97 bits per heavy atom. The van der Waals surface area contributed by atoms with Crippen LogP contribution in [0.3, 0.4) is 0 Å². The van der Waals surface area contributed by atoms with Crippen molar-refractivity contribution in [1.29, 1.82) is 0 Å². The van der Waals surface area contributed by atoms with Gasteiger partial charge in [-0.2, -0.15) is 0 Å². The summed E-state index contributed by atoms with van der Waals surface area (Å²) in [5, 5.41) is 2.90. The van der Waals surface area contributed by atoms with E-state index in [-0.39, 0.29) is 16.9 Å². The third-order valence-corrected chi connectivity index (χ3v) is 5.42. The number of nitrogens with zero attached hydrogens (tertiary/aromatic N) is 2. The number of carbonyl (C=O) groups is 1. The number of likely N-dealkylation sites (tertiary alicyclic amines) is 1. The zero-order valence-electron chi connectivity index (χ0n) is 20.4. The van der Waals surface area contributed by atoms with E-state index in [1.54, 1.807) is 30.3 Å². The molecule has 1 saturated heterocycles. The predicted molar refractivity (Wildman–Crippen MR) is 140 cm³/mol. The van der Waals surface area contributed by atoms with Crippen molar-refractivity contribution in [2.45, 2.75) is 33.1 Å². The smallest absolute Gasteiger partial charge is 0.276 e. The second-order valence-electron chi connectivity index (χ2n) is 7.71. The van der Waals surface area contributed by atoms with E-state index in [1.807, 2.05) is 26.0 Å². The van der Waals surface area contributed by atoms with Crippen molar-refractivity contribution >= 4 is 11.6 Å². The van der Waals surface area contributed by atoms with Gasteiger partial charge in [-0.3, -0.25) is 4.79 Å². The molecule has 1 aromatic heterocycles. The monoisotopic (exact) mass is 476 g/mol. The van der Waals surface area contributed by atoms with Gasteiger partial charge in [0.05, 0.1) is 29.4 Å². The summed E-state index contributed by atoms with van der Waals surface area (Å²) in [6.45, 7) is 9.95. The largest absolute Gasteiger partial charge is 0.494 e. The number of piperidine rings is 1.